The van der Waals surface area contributed by atoms with Gasteiger partial charge in [0.1, 0.15) is 5.82 Å². The number of aromatic nitrogens is 3. The first-order chi connectivity index (χ1) is 12.5. The van der Waals surface area contributed by atoms with Gasteiger partial charge >= 0.3 is 6.03 Å². The van der Waals surface area contributed by atoms with E-state index in [9.17, 15) is 15.0 Å². The SMILES string of the molecule is CC[C@@H](NC(=O)Nc1cc2[nH]nc(O)c2c(CO)n1)c1ccc(Cl)cc1. The number of urea groups is 1. The van der Waals surface area contributed by atoms with Crippen molar-refractivity contribution >= 4 is 34.4 Å². The molecule has 0 saturated heterocycles. The maximum Gasteiger partial charge on any atom is 0.320 e. The predicted molar refractivity (Wildman–Crippen MR) is 98.1 cm³/mol. The Morgan fingerprint density at radius 3 is 2.73 bits per heavy atom. The number of hydrogen-bond acceptors (Lipinski definition) is 5. The van der Waals surface area contributed by atoms with Gasteiger partial charge in [-0.2, -0.15) is 0 Å². The first kappa shape index (κ1) is 18.0. The van der Waals surface area contributed by atoms with Crippen molar-refractivity contribution in [2.24, 2.45) is 0 Å². The van der Waals surface area contributed by atoms with E-state index in [-0.39, 0.29) is 23.4 Å². The maximum atomic E-state index is 12.3. The molecule has 3 aromatic rings. The van der Waals surface area contributed by atoms with Gasteiger partial charge in [0.25, 0.3) is 0 Å². The van der Waals surface area contributed by atoms with Gasteiger partial charge in [0.15, 0.2) is 0 Å². The molecule has 2 aromatic heterocycles. The molecule has 0 unspecified atom stereocenters. The number of pyridine rings is 1. The van der Waals surface area contributed by atoms with Crippen LogP contribution in [-0.4, -0.2) is 31.4 Å². The van der Waals surface area contributed by atoms with Crippen LogP contribution in [0.4, 0.5) is 10.6 Å². The number of H-pyrrole nitrogens is 1. The van der Waals surface area contributed by atoms with E-state index in [2.05, 4.69) is 25.8 Å². The summed E-state index contributed by atoms with van der Waals surface area (Å²) in [5, 5.41) is 31.9. The van der Waals surface area contributed by atoms with E-state index in [0.29, 0.717) is 22.3 Å². The van der Waals surface area contributed by atoms with Crippen molar-refractivity contribution in [1.29, 1.82) is 0 Å². The first-order valence-electron chi connectivity index (χ1n) is 8.02. The monoisotopic (exact) mass is 375 g/mol. The zero-order valence-corrected chi connectivity index (χ0v) is 14.7. The summed E-state index contributed by atoms with van der Waals surface area (Å²) < 4.78 is 0. The van der Waals surface area contributed by atoms with Crippen molar-refractivity contribution in [1.82, 2.24) is 20.5 Å². The number of amides is 2. The van der Waals surface area contributed by atoms with Crippen molar-refractivity contribution in [3.05, 3.63) is 46.6 Å². The molecule has 0 fully saturated rings. The van der Waals surface area contributed by atoms with E-state index < -0.39 is 12.6 Å². The number of fused-ring (bicyclic) bond motifs is 1. The highest BCUT2D eigenvalue weighted by Crippen LogP contribution is 2.26. The van der Waals surface area contributed by atoms with Crippen LogP contribution >= 0.6 is 11.6 Å². The predicted octanol–water partition coefficient (Wildman–Crippen LogP) is 3.08. The molecule has 26 heavy (non-hydrogen) atoms. The molecule has 9 heteroatoms. The summed E-state index contributed by atoms with van der Waals surface area (Å²) >= 11 is 5.90. The second-order valence-electron chi connectivity index (χ2n) is 5.69. The first-order valence-corrected chi connectivity index (χ1v) is 8.40. The van der Waals surface area contributed by atoms with Gasteiger partial charge in [-0.1, -0.05) is 30.7 Å². The number of benzene rings is 1. The van der Waals surface area contributed by atoms with Crippen LogP contribution in [0.3, 0.4) is 0 Å². The zero-order chi connectivity index (χ0) is 18.7. The number of anilines is 1. The number of aromatic hydroxyl groups is 1. The molecule has 5 N–H and O–H groups in total. The molecular formula is C17H18ClN5O3. The summed E-state index contributed by atoms with van der Waals surface area (Å²) in [4.78, 5) is 16.5. The van der Waals surface area contributed by atoms with E-state index in [1.165, 1.54) is 6.07 Å². The number of aliphatic hydroxyl groups is 1. The minimum atomic E-state index is -0.439. The third kappa shape index (κ3) is 3.71. The summed E-state index contributed by atoms with van der Waals surface area (Å²) in [6, 6.07) is 8.16. The quantitative estimate of drug-likeness (QED) is 0.469. The third-order valence-corrected chi connectivity index (χ3v) is 4.23. The van der Waals surface area contributed by atoms with Crippen molar-refractivity contribution < 1.29 is 15.0 Å². The topological polar surface area (TPSA) is 123 Å². The van der Waals surface area contributed by atoms with Gasteiger partial charge in [-0.3, -0.25) is 10.4 Å². The van der Waals surface area contributed by atoms with Crippen molar-refractivity contribution in [2.45, 2.75) is 26.0 Å². The molecule has 1 atom stereocenters. The lowest BCUT2D eigenvalue weighted by Crippen LogP contribution is -2.32. The van der Waals surface area contributed by atoms with E-state index in [4.69, 9.17) is 11.6 Å². The fourth-order valence-electron chi connectivity index (χ4n) is 2.71. The Morgan fingerprint density at radius 2 is 2.08 bits per heavy atom. The molecule has 1 aromatic carbocycles. The van der Waals surface area contributed by atoms with Crippen LogP contribution in [-0.2, 0) is 6.61 Å². The molecule has 136 valence electrons. The number of nitrogens with one attached hydrogen (secondary N) is 3. The smallest absolute Gasteiger partial charge is 0.320 e. The van der Waals surface area contributed by atoms with Gasteiger partial charge in [-0.15, -0.1) is 5.10 Å². The number of carbonyl (C=O) groups is 1. The molecule has 0 aliphatic heterocycles. The van der Waals surface area contributed by atoms with Crippen LogP contribution in [0.25, 0.3) is 10.9 Å². The Kier molecular flexibility index (Phi) is 5.24. The average molecular weight is 376 g/mol. The van der Waals surface area contributed by atoms with Gasteiger partial charge in [0.05, 0.1) is 29.2 Å². The Bertz CT molecular complexity index is 926. The molecule has 8 nitrogen and oxygen atoms in total. The molecule has 0 saturated carbocycles. The Morgan fingerprint density at radius 1 is 1.35 bits per heavy atom. The lowest BCUT2D eigenvalue weighted by Gasteiger charge is -2.18. The Labute approximate surface area is 154 Å². The maximum absolute atomic E-state index is 12.3. The average Bonchev–Trinajstić information content (AvgIpc) is 3.01. The Hall–Kier alpha value is -2.84. The highest BCUT2D eigenvalue weighted by Gasteiger charge is 2.16. The van der Waals surface area contributed by atoms with Crippen LogP contribution < -0.4 is 10.6 Å². The molecule has 0 radical (unpaired) electrons. The van der Waals surface area contributed by atoms with E-state index in [1.54, 1.807) is 12.1 Å². The number of hydrogen-bond donors (Lipinski definition) is 5. The largest absolute Gasteiger partial charge is 0.492 e. The standard InChI is InChI=1S/C17H18ClN5O3/c1-2-11(9-3-5-10(18)6-4-9)20-17(26)21-14-7-12-15(13(8-24)19-14)16(25)23-22-12/h3-7,11,24H,2,8H2,1H3,(H2,22,23,25)(H2,19,20,21,26)/t11-/m1/s1. The number of halogens is 1. The van der Waals surface area contributed by atoms with Crippen molar-refractivity contribution in [3.63, 3.8) is 0 Å². The van der Waals surface area contributed by atoms with Gasteiger partial charge in [-0.25, -0.2) is 9.78 Å². The van der Waals surface area contributed by atoms with Gasteiger partial charge in [0, 0.05) is 11.1 Å². The number of aromatic amines is 1. The van der Waals surface area contributed by atoms with Gasteiger partial charge < -0.3 is 15.5 Å². The molecule has 0 bridgehead atoms. The van der Waals surface area contributed by atoms with Crippen LogP contribution in [0.5, 0.6) is 5.88 Å². The third-order valence-electron chi connectivity index (χ3n) is 3.98. The molecule has 3 rings (SSSR count). The molecule has 0 aliphatic carbocycles. The minimum absolute atomic E-state index is 0.190. The normalized spacial score (nSPS) is 12.1. The van der Waals surface area contributed by atoms with E-state index >= 15 is 0 Å². The molecule has 0 aliphatic rings. The van der Waals surface area contributed by atoms with E-state index in [0.717, 1.165) is 5.56 Å². The van der Waals surface area contributed by atoms with E-state index in [1.807, 2.05) is 19.1 Å². The zero-order valence-electron chi connectivity index (χ0n) is 14.0. The lowest BCUT2D eigenvalue weighted by molar-refractivity contribution is 0.248. The van der Waals surface area contributed by atoms with Crippen molar-refractivity contribution in [3.8, 4) is 5.88 Å². The fraction of sp³-hybridized carbons (Fsp3) is 0.235. The van der Waals surface area contributed by atoms with Crippen LogP contribution in [0.2, 0.25) is 5.02 Å². The Balaban J connectivity index is 1.76. The summed E-state index contributed by atoms with van der Waals surface area (Å²) in [5.41, 5.74) is 1.61. The number of carbonyl (C=O) groups excluding carboxylic acids is 1. The number of aliphatic hydroxyl groups excluding tert-OH is 1. The molecular weight excluding hydrogens is 358 g/mol. The second-order valence-corrected chi connectivity index (χ2v) is 6.13. The second kappa shape index (κ2) is 7.59. The van der Waals surface area contributed by atoms with Gasteiger partial charge in [-0.05, 0) is 24.1 Å². The van der Waals surface area contributed by atoms with Crippen LogP contribution in [0, 0.1) is 0 Å². The minimum Gasteiger partial charge on any atom is -0.492 e. The number of rotatable bonds is 5. The molecule has 2 heterocycles. The molecule has 0 spiro atoms. The summed E-state index contributed by atoms with van der Waals surface area (Å²) in [5.74, 6) is -0.0185. The highest BCUT2D eigenvalue weighted by atomic mass is 35.5. The highest BCUT2D eigenvalue weighted by molar-refractivity contribution is 6.30. The lowest BCUT2D eigenvalue weighted by atomic mass is 10.1. The summed E-state index contributed by atoms with van der Waals surface area (Å²) in [6.07, 6.45) is 0.692. The van der Waals surface area contributed by atoms with Crippen LogP contribution in [0.15, 0.2) is 30.3 Å². The van der Waals surface area contributed by atoms with Crippen molar-refractivity contribution in [2.75, 3.05) is 5.32 Å². The number of nitrogens with zero attached hydrogens (tertiary/aromatic N) is 2. The van der Waals surface area contributed by atoms with Crippen LogP contribution in [0.1, 0.15) is 30.6 Å². The van der Waals surface area contributed by atoms with Gasteiger partial charge in [0.2, 0.25) is 5.88 Å². The summed E-state index contributed by atoms with van der Waals surface area (Å²) in [6.45, 7) is 1.56. The fourth-order valence-corrected chi connectivity index (χ4v) is 2.84. The molecule has 2 amide bonds. The summed E-state index contributed by atoms with van der Waals surface area (Å²) in [7, 11) is 0.